The van der Waals surface area contributed by atoms with Crippen LogP contribution < -0.4 is 5.73 Å². The first kappa shape index (κ1) is 15.2. The number of nitrogens with two attached hydrogens (primary N) is 1. The molecule has 2 atom stereocenters. The summed E-state index contributed by atoms with van der Waals surface area (Å²) in [4.78, 5) is 5.26. The third-order valence-corrected chi connectivity index (χ3v) is 5.15. The van der Waals surface area contributed by atoms with E-state index < -0.39 is 0 Å². The van der Waals surface area contributed by atoms with Gasteiger partial charge in [-0.2, -0.15) is 0 Å². The van der Waals surface area contributed by atoms with E-state index >= 15 is 0 Å². The molecule has 4 heteroatoms. The highest BCUT2D eigenvalue weighted by atomic mass is 16.5. The highest BCUT2D eigenvalue weighted by Crippen LogP contribution is 2.32. The fourth-order valence-corrected chi connectivity index (χ4v) is 3.78. The van der Waals surface area contributed by atoms with E-state index in [0.29, 0.717) is 6.04 Å². The number of morpholine rings is 1. The number of hydrogen-bond donors (Lipinski definition) is 1. The standard InChI is InChI=1S/C15H31N3O/c1-3-14-12-19-11-10-18(14)15(13-16)6-5-8-17(4-2)9-7-15/h14H,3-13,16H2,1-2H3. The monoisotopic (exact) mass is 269 g/mol. The van der Waals surface area contributed by atoms with Crippen molar-refractivity contribution in [1.82, 2.24) is 9.80 Å². The molecule has 0 aromatic heterocycles. The van der Waals surface area contributed by atoms with Crippen molar-refractivity contribution in [3.8, 4) is 0 Å². The Hall–Kier alpha value is -0.160. The summed E-state index contributed by atoms with van der Waals surface area (Å²) in [7, 11) is 0. The lowest BCUT2D eigenvalue weighted by Gasteiger charge is -2.49. The van der Waals surface area contributed by atoms with Crippen molar-refractivity contribution in [3.05, 3.63) is 0 Å². The van der Waals surface area contributed by atoms with Gasteiger partial charge in [0.15, 0.2) is 0 Å². The largest absolute Gasteiger partial charge is 0.378 e. The molecule has 2 fully saturated rings. The summed E-state index contributed by atoms with van der Waals surface area (Å²) in [5.41, 5.74) is 6.46. The average molecular weight is 269 g/mol. The van der Waals surface area contributed by atoms with Gasteiger partial charge in [-0.05, 0) is 45.3 Å². The van der Waals surface area contributed by atoms with Gasteiger partial charge in [0.2, 0.25) is 0 Å². The van der Waals surface area contributed by atoms with Gasteiger partial charge in [0.05, 0.1) is 13.2 Å². The zero-order chi connectivity index (χ0) is 13.7. The lowest BCUT2D eigenvalue weighted by molar-refractivity contribution is -0.0686. The van der Waals surface area contributed by atoms with E-state index in [1.807, 2.05) is 0 Å². The van der Waals surface area contributed by atoms with Crippen molar-refractivity contribution in [2.75, 3.05) is 45.9 Å². The third kappa shape index (κ3) is 3.30. The summed E-state index contributed by atoms with van der Waals surface area (Å²) in [5.74, 6) is 0. The van der Waals surface area contributed by atoms with Crippen LogP contribution in [0.15, 0.2) is 0 Å². The van der Waals surface area contributed by atoms with Crippen LogP contribution in [-0.4, -0.2) is 67.3 Å². The number of rotatable bonds is 4. The van der Waals surface area contributed by atoms with Crippen molar-refractivity contribution >= 4 is 0 Å². The maximum Gasteiger partial charge on any atom is 0.0622 e. The van der Waals surface area contributed by atoms with Gasteiger partial charge in [-0.25, -0.2) is 0 Å². The molecule has 0 saturated carbocycles. The molecule has 0 bridgehead atoms. The summed E-state index contributed by atoms with van der Waals surface area (Å²) in [6.45, 7) is 11.7. The van der Waals surface area contributed by atoms with Crippen molar-refractivity contribution in [2.24, 2.45) is 5.73 Å². The Kier molecular flexibility index (Phi) is 5.63. The van der Waals surface area contributed by atoms with Crippen LogP contribution in [0.2, 0.25) is 0 Å². The van der Waals surface area contributed by atoms with Gasteiger partial charge in [0.25, 0.3) is 0 Å². The Morgan fingerprint density at radius 1 is 1.21 bits per heavy atom. The molecular formula is C15H31N3O. The van der Waals surface area contributed by atoms with Gasteiger partial charge >= 0.3 is 0 Å². The molecule has 2 aliphatic rings. The zero-order valence-electron chi connectivity index (χ0n) is 12.7. The number of ether oxygens (including phenoxy) is 1. The van der Waals surface area contributed by atoms with Crippen molar-refractivity contribution < 1.29 is 4.74 Å². The number of hydrogen-bond acceptors (Lipinski definition) is 4. The van der Waals surface area contributed by atoms with Crippen LogP contribution in [0.25, 0.3) is 0 Å². The van der Waals surface area contributed by atoms with Crippen LogP contribution in [0.4, 0.5) is 0 Å². The van der Waals surface area contributed by atoms with Crippen LogP contribution in [-0.2, 0) is 4.74 Å². The first-order valence-electron chi connectivity index (χ1n) is 8.02. The van der Waals surface area contributed by atoms with E-state index in [1.165, 1.54) is 45.3 Å². The summed E-state index contributed by atoms with van der Waals surface area (Å²) < 4.78 is 5.66. The quantitative estimate of drug-likeness (QED) is 0.835. The smallest absolute Gasteiger partial charge is 0.0622 e. The van der Waals surface area contributed by atoms with E-state index in [0.717, 1.165) is 26.3 Å². The van der Waals surface area contributed by atoms with Gasteiger partial charge < -0.3 is 15.4 Å². The van der Waals surface area contributed by atoms with E-state index in [-0.39, 0.29) is 5.54 Å². The summed E-state index contributed by atoms with van der Waals surface area (Å²) in [5, 5.41) is 0. The fourth-order valence-electron chi connectivity index (χ4n) is 3.78. The second-order valence-electron chi connectivity index (χ2n) is 6.05. The molecular weight excluding hydrogens is 238 g/mol. The van der Waals surface area contributed by atoms with Crippen LogP contribution >= 0.6 is 0 Å². The lowest BCUT2D eigenvalue weighted by Crippen LogP contribution is -2.61. The number of nitrogens with zero attached hydrogens (tertiary/aromatic N) is 2. The molecule has 0 spiro atoms. The maximum absolute atomic E-state index is 6.24. The van der Waals surface area contributed by atoms with Crippen molar-refractivity contribution in [2.45, 2.75) is 51.1 Å². The molecule has 19 heavy (non-hydrogen) atoms. The van der Waals surface area contributed by atoms with Gasteiger partial charge in [-0.3, -0.25) is 4.90 Å². The molecule has 4 nitrogen and oxygen atoms in total. The van der Waals surface area contributed by atoms with Crippen LogP contribution in [0.1, 0.15) is 39.5 Å². The molecule has 0 aromatic carbocycles. The van der Waals surface area contributed by atoms with Crippen LogP contribution in [0.5, 0.6) is 0 Å². The molecule has 2 saturated heterocycles. The Bertz CT molecular complexity index is 274. The van der Waals surface area contributed by atoms with Crippen molar-refractivity contribution in [1.29, 1.82) is 0 Å². The van der Waals surface area contributed by atoms with Gasteiger partial charge in [-0.1, -0.05) is 13.8 Å². The molecule has 2 N–H and O–H groups in total. The van der Waals surface area contributed by atoms with E-state index in [4.69, 9.17) is 10.5 Å². The zero-order valence-corrected chi connectivity index (χ0v) is 12.7. The highest BCUT2D eigenvalue weighted by Gasteiger charge is 2.41. The molecule has 2 rings (SSSR count). The van der Waals surface area contributed by atoms with E-state index in [2.05, 4.69) is 23.6 Å². The normalized spacial score (nSPS) is 35.2. The molecule has 0 radical (unpaired) electrons. The second kappa shape index (κ2) is 7.02. The van der Waals surface area contributed by atoms with E-state index in [1.54, 1.807) is 0 Å². The van der Waals surface area contributed by atoms with E-state index in [9.17, 15) is 0 Å². The molecule has 2 aliphatic heterocycles. The van der Waals surface area contributed by atoms with Crippen LogP contribution in [0.3, 0.4) is 0 Å². The summed E-state index contributed by atoms with van der Waals surface area (Å²) in [6, 6.07) is 0.561. The van der Waals surface area contributed by atoms with Gasteiger partial charge in [-0.15, -0.1) is 0 Å². The fraction of sp³-hybridized carbons (Fsp3) is 1.00. The highest BCUT2D eigenvalue weighted by molar-refractivity contribution is 4.98. The average Bonchev–Trinajstić information content (AvgIpc) is 2.70. The summed E-state index contributed by atoms with van der Waals surface area (Å²) in [6.07, 6.45) is 4.91. The topological polar surface area (TPSA) is 41.7 Å². The SMILES string of the molecule is CCC1COCCN1C1(CN)CCCN(CC)CC1. The van der Waals surface area contributed by atoms with Crippen molar-refractivity contribution in [3.63, 3.8) is 0 Å². The minimum atomic E-state index is 0.217. The summed E-state index contributed by atoms with van der Waals surface area (Å²) >= 11 is 0. The third-order valence-electron chi connectivity index (χ3n) is 5.15. The first-order chi connectivity index (χ1) is 9.25. The lowest BCUT2D eigenvalue weighted by atomic mass is 9.86. The Morgan fingerprint density at radius 3 is 2.74 bits per heavy atom. The van der Waals surface area contributed by atoms with Crippen LogP contribution in [0, 0.1) is 0 Å². The predicted molar refractivity (Wildman–Crippen MR) is 79.4 cm³/mol. The molecule has 0 amide bonds. The molecule has 0 aromatic rings. The Labute approximate surface area is 118 Å². The maximum atomic E-state index is 6.24. The van der Waals surface area contributed by atoms with Gasteiger partial charge in [0.1, 0.15) is 0 Å². The molecule has 2 heterocycles. The Balaban J connectivity index is 2.11. The van der Waals surface area contributed by atoms with Gasteiger partial charge in [0, 0.05) is 24.7 Å². The predicted octanol–water partition coefficient (Wildman–Crippen LogP) is 1.30. The molecule has 2 unspecified atom stereocenters. The first-order valence-corrected chi connectivity index (χ1v) is 8.02. The Morgan fingerprint density at radius 2 is 2.05 bits per heavy atom. The second-order valence-corrected chi connectivity index (χ2v) is 6.05. The minimum absolute atomic E-state index is 0.217. The molecule has 0 aliphatic carbocycles. The minimum Gasteiger partial charge on any atom is -0.378 e. The number of likely N-dealkylation sites (tertiary alicyclic amines) is 1. The molecule has 112 valence electrons.